The van der Waals surface area contributed by atoms with Crippen LogP contribution in [0, 0.1) is 0 Å². The fraction of sp³-hybridized carbons (Fsp3) is 0.136. The van der Waals surface area contributed by atoms with Crippen LogP contribution >= 0.6 is 11.6 Å². The second-order valence-corrected chi connectivity index (χ2v) is 7.19. The van der Waals surface area contributed by atoms with Crippen LogP contribution in [0.1, 0.15) is 26.3 Å². The minimum atomic E-state index is -0.994. The number of nitrogens with one attached hydrogen (secondary N) is 1. The zero-order valence-corrected chi connectivity index (χ0v) is 16.5. The number of carbonyl (C=O) groups excluding carboxylic acids is 2. The van der Waals surface area contributed by atoms with Gasteiger partial charge < -0.3 is 10.2 Å². The zero-order valence-electron chi connectivity index (χ0n) is 15.7. The predicted octanol–water partition coefficient (Wildman–Crippen LogP) is 2.89. The Morgan fingerprint density at radius 1 is 0.967 bits per heavy atom. The molecule has 0 radical (unpaired) electrons. The Hall–Kier alpha value is -3.26. The van der Waals surface area contributed by atoms with Crippen molar-refractivity contribution in [3.8, 4) is 0 Å². The van der Waals surface area contributed by atoms with Crippen LogP contribution in [0.2, 0.25) is 5.02 Å². The lowest BCUT2D eigenvalue weighted by molar-refractivity contribution is 0.0375. The van der Waals surface area contributed by atoms with Crippen LogP contribution in [0.3, 0.4) is 0 Å². The van der Waals surface area contributed by atoms with Gasteiger partial charge in [-0.1, -0.05) is 41.9 Å². The normalized spacial score (nSPS) is 13.7. The molecule has 0 atom stereocenters. The number of hydrazone groups is 1. The number of aliphatic hydroxyl groups is 2. The first-order valence-electron chi connectivity index (χ1n) is 9.25. The highest BCUT2D eigenvalue weighted by Crippen LogP contribution is 2.35. The van der Waals surface area contributed by atoms with Gasteiger partial charge in [0.05, 0.1) is 31.2 Å². The molecule has 0 saturated carbocycles. The molecule has 0 aromatic heterocycles. The number of amides is 2. The number of hydrogen-bond donors (Lipinski definition) is 3. The quantitative estimate of drug-likeness (QED) is 0.321. The molecule has 3 aromatic rings. The number of halogens is 1. The van der Waals surface area contributed by atoms with Crippen molar-refractivity contribution in [2.45, 2.75) is 6.04 Å². The van der Waals surface area contributed by atoms with Crippen molar-refractivity contribution in [3.05, 3.63) is 76.3 Å². The Labute approximate surface area is 177 Å². The number of nitrogens with zero attached hydrogens (tertiary/aromatic N) is 2. The summed E-state index contributed by atoms with van der Waals surface area (Å²) in [6, 6.07) is 14.7. The molecule has 152 valence electrons. The predicted molar refractivity (Wildman–Crippen MR) is 115 cm³/mol. The van der Waals surface area contributed by atoms with Gasteiger partial charge in [0.25, 0.3) is 11.8 Å². The fourth-order valence-corrected chi connectivity index (χ4v) is 3.70. The second kappa shape index (κ2) is 8.23. The van der Waals surface area contributed by atoms with E-state index in [9.17, 15) is 19.8 Å². The summed E-state index contributed by atoms with van der Waals surface area (Å²) in [6.45, 7) is -1.04. The number of carbonyl (C=O) groups is 2. The van der Waals surface area contributed by atoms with E-state index < -0.39 is 31.1 Å². The van der Waals surface area contributed by atoms with Crippen LogP contribution in [0.5, 0.6) is 0 Å². The Morgan fingerprint density at radius 2 is 1.67 bits per heavy atom. The molecular formula is C22H18ClN3O4. The van der Waals surface area contributed by atoms with Gasteiger partial charge in [0.1, 0.15) is 0 Å². The summed E-state index contributed by atoms with van der Waals surface area (Å²) < 4.78 is 0. The molecule has 0 bridgehead atoms. The summed E-state index contributed by atoms with van der Waals surface area (Å²) in [5.41, 5.74) is 4.96. The van der Waals surface area contributed by atoms with Crippen molar-refractivity contribution in [1.82, 2.24) is 4.90 Å². The van der Waals surface area contributed by atoms with Crippen molar-refractivity contribution in [2.75, 3.05) is 18.6 Å². The molecule has 3 N–H and O–H groups in total. The molecule has 1 aliphatic rings. The number of anilines is 1. The summed E-state index contributed by atoms with van der Waals surface area (Å²) in [7, 11) is 0. The second-order valence-electron chi connectivity index (χ2n) is 6.78. The van der Waals surface area contributed by atoms with Gasteiger partial charge in [-0.3, -0.25) is 19.9 Å². The molecular weight excluding hydrogens is 406 g/mol. The minimum Gasteiger partial charge on any atom is -0.394 e. The Bertz CT molecular complexity index is 1150. The standard InChI is InChI=1S/C22H18ClN3O4/c23-18-7-2-1-4-13(18)10-24-25-19-9-8-17-20-15(19)5-3-6-16(20)21(29)26(22(17)30)14(11-27)12-28/h1-10,14,25,27-28H,11-12H2/b24-10+. The maximum absolute atomic E-state index is 12.9. The highest BCUT2D eigenvalue weighted by molar-refractivity contribution is 6.33. The van der Waals surface area contributed by atoms with Gasteiger partial charge in [0.15, 0.2) is 0 Å². The van der Waals surface area contributed by atoms with E-state index in [1.165, 1.54) is 0 Å². The van der Waals surface area contributed by atoms with Crippen molar-refractivity contribution in [3.63, 3.8) is 0 Å². The summed E-state index contributed by atoms with van der Waals surface area (Å²) in [5.74, 6) is -1.11. The third-order valence-corrected chi connectivity index (χ3v) is 5.36. The van der Waals surface area contributed by atoms with Gasteiger partial charge in [-0.2, -0.15) is 5.10 Å². The van der Waals surface area contributed by atoms with Crippen LogP contribution in [0.25, 0.3) is 10.8 Å². The van der Waals surface area contributed by atoms with Gasteiger partial charge >= 0.3 is 0 Å². The first-order valence-corrected chi connectivity index (χ1v) is 9.63. The van der Waals surface area contributed by atoms with Crippen LogP contribution in [0.4, 0.5) is 5.69 Å². The number of hydrogen-bond acceptors (Lipinski definition) is 6. The minimum absolute atomic E-state index is 0.327. The van der Waals surface area contributed by atoms with Crippen LogP contribution in [-0.2, 0) is 0 Å². The van der Waals surface area contributed by atoms with E-state index in [4.69, 9.17) is 11.6 Å². The molecule has 0 unspecified atom stereocenters. The number of aliphatic hydroxyl groups excluding tert-OH is 2. The van der Waals surface area contributed by atoms with E-state index in [0.29, 0.717) is 32.6 Å². The molecule has 2 amide bonds. The molecule has 1 heterocycles. The van der Waals surface area contributed by atoms with E-state index in [1.54, 1.807) is 42.6 Å². The van der Waals surface area contributed by atoms with Crippen molar-refractivity contribution in [1.29, 1.82) is 0 Å². The topological polar surface area (TPSA) is 102 Å². The van der Waals surface area contributed by atoms with Gasteiger partial charge in [0, 0.05) is 32.5 Å². The largest absolute Gasteiger partial charge is 0.394 e. The van der Waals surface area contributed by atoms with Gasteiger partial charge in [-0.15, -0.1) is 0 Å². The average Bonchev–Trinajstić information content (AvgIpc) is 2.76. The van der Waals surface area contributed by atoms with Gasteiger partial charge in [-0.25, -0.2) is 0 Å². The lowest BCUT2D eigenvalue weighted by Gasteiger charge is -2.32. The van der Waals surface area contributed by atoms with E-state index >= 15 is 0 Å². The van der Waals surface area contributed by atoms with Crippen molar-refractivity contribution >= 4 is 46.1 Å². The van der Waals surface area contributed by atoms with Crippen molar-refractivity contribution in [2.24, 2.45) is 5.10 Å². The molecule has 8 heteroatoms. The fourth-order valence-electron chi connectivity index (χ4n) is 3.52. The maximum Gasteiger partial charge on any atom is 0.261 e. The summed E-state index contributed by atoms with van der Waals surface area (Å²) >= 11 is 6.13. The van der Waals surface area contributed by atoms with E-state index in [0.717, 1.165) is 10.5 Å². The Balaban J connectivity index is 1.74. The van der Waals surface area contributed by atoms with E-state index in [-0.39, 0.29) is 0 Å². The lowest BCUT2D eigenvalue weighted by atomic mass is 9.92. The molecule has 4 rings (SSSR count). The molecule has 0 aliphatic carbocycles. The molecule has 0 spiro atoms. The first kappa shape index (κ1) is 20.0. The summed E-state index contributed by atoms with van der Waals surface area (Å²) in [6.07, 6.45) is 1.59. The highest BCUT2D eigenvalue weighted by atomic mass is 35.5. The monoisotopic (exact) mass is 423 g/mol. The summed E-state index contributed by atoms with van der Waals surface area (Å²) in [4.78, 5) is 26.8. The van der Waals surface area contributed by atoms with Crippen LogP contribution in [0.15, 0.2) is 59.7 Å². The molecule has 1 aliphatic heterocycles. The average molecular weight is 424 g/mol. The van der Waals surface area contributed by atoms with Gasteiger partial charge in [-0.05, 0) is 24.3 Å². The lowest BCUT2D eigenvalue weighted by Crippen LogP contribution is -2.50. The van der Waals surface area contributed by atoms with Gasteiger partial charge in [0.2, 0.25) is 0 Å². The molecule has 30 heavy (non-hydrogen) atoms. The van der Waals surface area contributed by atoms with Crippen molar-refractivity contribution < 1.29 is 19.8 Å². The molecule has 7 nitrogen and oxygen atoms in total. The number of rotatable bonds is 6. The number of benzene rings is 3. The van der Waals surface area contributed by atoms with E-state index in [2.05, 4.69) is 10.5 Å². The maximum atomic E-state index is 12.9. The van der Waals surface area contributed by atoms with Crippen LogP contribution in [-0.4, -0.2) is 52.4 Å². The first-order chi connectivity index (χ1) is 14.6. The highest BCUT2D eigenvalue weighted by Gasteiger charge is 2.37. The molecule has 0 saturated heterocycles. The van der Waals surface area contributed by atoms with E-state index in [1.807, 2.05) is 18.2 Å². The third kappa shape index (κ3) is 3.33. The SMILES string of the molecule is O=C1c2cccc3c(N/N=C/c4ccccc4Cl)ccc(c23)C(=O)N1C(CO)CO. The third-order valence-electron chi connectivity index (χ3n) is 5.02. The van der Waals surface area contributed by atoms with Crippen LogP contribution < -0.4 is 5.43 Å². The molecule has 0 fully saturated rings. The Morgan fingerprint density at radius 3 is 2.37 bits per heavy atom. The Kier molecular flexibility index (Phi) is 5.50. The smallest absolute Gasteiger partial charge is 0.261 e. The summed E-state index contributed by atoms with van der Waals surface area (Å²) in [5, 5.41) is 24.9. The number of imide groups is 1. The zero-order chi connectivity index (χ0) is 21.3. The molecule has 3 aromatic carbocycles.